The molecule has 0 aliphatic rings. The van der Waals surface area contributed by atoms with Crippen molar-refractivity contribution < 1.29 is 44.1 Å². The van der Waals surface area contributed by atoms with E-state index in [0.717, 1.165) is 6.92 Å². The average Bonchev–Trinajstić information content (AvgIpc) is 2.66. The molecule has 0 saturated heterocycles. The number of rotatable bonds is 14. The van der Waals surface area contributed by atoms with Gasteiger partial charge in [-0.25, -0.2) is 4.79 Å². The summed E-state index contributed by atoms with van der Waals surface area (Å²) < 4.78 is 0. The van der Waals surface area contributed by atoms with Gasteiger partial charge in [-0.3, -0.25) is 24.0 Å². The Bertz CT molecular complexity index is 726. The zero-order valence-corrected chi connectivity index (χ0v) is 18.0. The van der Waals surface area contributed by atoms with Crippen LogP contribution in [0.15, 0.2) is 0 Å². The zero-order chi connectivity index (χ0) is 25.2. The highest BCUT2D eigenvalue weighted by atomic mass is 16.4. The molecule has 10 N–H and O–H groups in total. The summed E-state index contributed by atoms with van der Waals surface area (Å²) in [6.45, 7) is 4.41. The molecule has 32 heavy (non-hydrogen) atoms. The summed E-state index contributed by atoms with van der Waals surface area (Å²) >= 11 is 0. The number of aliphatic hydroxyl groups excluding tert-OH is 1. The Hall–Kier alpha value is -3.26. The maximum Gasteiger partial charge on any atom is 0.326 e. The number of amides is 4. The van der Waals surface area contributed by atoms with E-state index in [0.29, 0.717) is 0 Å². The Morgan fingerprint density at radius 3 is 1.78 bits per heavy atom. The molecule has 0 bridgehead atoms. The minimum Gasteiger partial charge on any atom is -0.481 e. The Kier molecular flexibility index (Phi) is 11.9. The second-order valence-corrected chi connectivity index (χ2v) is 7.56. The fourth-order valence-corrected chi connectivity index (χ4v) is 2.42. The van der Waals surface area contributed by atoms with E-state index in [2.05, 4.69) is 16.0 Å². The number of nitrogens with two attached hydrogens (primary N) is 2. The van der Waals surface area contributed by atoms with Gasteiger partial charge in [-0.1, -0.05) is 13.8 Å². The van der Waals surface area contributed by atoms with Crippen molar-refractivity contribution >= 4 is 35.6 Å². The molecule has 0 aliphatic carbocycles. The lowest BCUT2D eigenvalue weighted by Gasteiger charge is -2.26. The first kappa shape index (κ1) is 28.7. The van der Waals surface area contributed by atoms with Gasteiger partial charge in [0.25, 0.3) is 0 Å². The van der Waals surface area contributed by atoms with Crippen LogP contribution in [0.1, 0.15) is 40.0 Å². The number of hydrogen-bond donors (Lipinski definition) is 8. The summed E-state index contributed by atoms with van der Waals surface area (Å²) in [4.78, 5) is 70.4. The molecule has 4 amide bonds. The first-order valence-corrected chi connectivity index (χ1v) is 9.75. The average molecular weight is 461 g/mol. The quantitative estimate of drug-likeness (QED) is 0.127. The minimum absolute atomic E-state index is 0.312. The Balaban J connectivity index is 5.45. The number of aliphatic carboxylic acids is 2. The number of carbonyl (C=O) groups excluding carboxylic acids is 4. The van der Waals surface area contributed by atoms with Gasteiger partial charge < -0.3 is 42.7 Å². The van der Waals surface area contributed by atoms with Crippen LogP contribution in [0, 0.1) is 5.92 Å². The van der Waals surface area contributed by atoms with Crippen molar-refractivity contribution in [3.8, 4) is 0 Å². The summed E-state index contributed by atoms with van der Waals surface area (Å²) in [6.07, 6.45) is -3.04. The Labute approximate surface area is 184 Å². The number of carboxylic acids is 2. The van der Waals surface area contributed by atoms with Crippen LogP contribution in [-0.2, 0) is 28.8 Å². The van der Waals surface area contributed by atoms with Crippen LogP contribution in [0.2, 0.25) is 0 Å². The highest BCUT2D eigenvalue weighted by Crippen LogP contribution is 2.04. The summed E-state index contributed by atoms with van der Waals surface area (Å²) in [6, 6.07) is -5.88. The second kappa shape index (κ2) is 13.2. The number of carboxylic acid groups (broad SMARTS) is 2. The molecule has 0 aromatic rings. The fraction of sp³-hybridized carbons (Fsp3) is 0.667. The van der Waals surface area contributed by atoms with Crippen molar-refractivity contribution in [2.24, 2.45) is 17.4 Å². The minimum atomic E-state index is -1.69. The zero-order valence-electron chi connectivity index (χ0n) is 18.0. The van der Waals surface area contributed by atoms with E-state index in [-0.39, 0.29) is 18.8 Å². The van der Waals surface area contributed by atoms with Crippen LogP contribution < -0.4 is 27.4 Å². The lowest BCUT2D eigenvalue weighted by molar-refractivity contribution is -0.144. The van der Waals surface area contributed by atoms with Crippen molar-refractivity contribution in [2.75, 3.05) is 0 Å². The summed E-state index contributed by atoms with van der Waals surface area (Å²) in [7, 11) is 0. The van der Waals surface area contributed by atoms with Gasteiger partial charge in [-0.15, -0.1) is 0 Å². The molecule has 0 spiro atoms. The maximum atomic E-state index is 12.6. The number of carbonyl (C=O) groups is 6. The third kappa shape index (κ3) is 10.2. The predicted molar refractivity (Wildman–Crippen MR) is 109 cm³/mol. The van der Waals surface area contributed by atoms with E-state index in [1.54, 1.807) is 13.8 Å². The maximum absolute atomic E-state index is 12.6. The van der Waals surface area contributed by atoms with Gasteiger partial charge in [0, 0.05) is 6.42 Å². The monoisotopic (exact) mass is 461 g/mol. The molecule has 14 nitrogen and oxygen atoms in total. The molecule has 0 heterocycles. The van der Waals surface area contributed by atoms with Gasteiger partial charge in [0.15, 0.2) is 0 Å². The molecule has 0 radical (unpaired) electrons. The molecule has 0 aliphatic heterocycles. The molecule has 182 valence electrons. The molecule has 0 fully saturated rings. The lowest BCUT2D eigenvalue weighted by Crippen LogP contribution is -2.60. The standard InChI is InChI=1S/C18H31N5O9/c1-7(2)13(20)16(29)22-10(6-12(26)27)15(28)23-14(8(3)24)17(30)21-9(18(31)32)4-5-11(19)25/h7-10,13-14,24H,4-6,20H2,1-3H3,(H2,19,25)(H,21,30)(H,22,29)(H,23,28)(H,26,27)(H,31,32). The Morgan fingerprint density at radius 1 is 0.844 bits per heavy atom. The van der Waals surface area contributed by atoms with E-state index in [4.69, 9.17) is 16.6 Å². The van der Waals surface area contributed by atoms with Crippen LogP contribution in [0.5, 0.6) is 0 Å². The smallest absolute Gasteiger partial charge is 0.326 e. The van der Waals surface area contributed by atoms with E-state index < -0.39 is 72.3 Å². The summed E-state index contributed by atoms with van der Waals surface area (Å²) in [5.74, 6) is -7.03. The van der Waals surface area contributed by atoms with Crippen LogP contribution in [0.4, 0.5) is 0 Å². The first-order valence-electron chi connectivity index (χ1n) is 9.75. The molecule has 14 heteroatoms. The molecular formula is C18H31N5O9. The largest absolute Gasteiger partial charge is 0.481 e. The summed E-state index contributed by atoms with van der Waals surface area (Å²) in [5, 5.41) is 34.5. The third-order valence-corrected chi connectivity index (χ3v) is 4.39. The lowest BCUT2D eigenvalue weighted by atomic mass is 10.0. The van der Waals surface area contributed by atoms with Gasteiger partial charge >= 0.3 is 11.9 Å². The molecule has 0 rings (SSSR count). The highest BCUT2D eigenvalue weighted by Gasteiger charge is 2.33. The van der Waals surface area contributed by atoms with Crippen LogP contribution >= 0.6 is 0 Å². The van der Waals surface area contributed by atoms with E-state index in [1.807, 2.05) is 0 Å². The highest BCUT2D eigenvalue weighted by molar-refractivity contribution is 5.96. The van der Waals surface area contributed by atoms with Crippen LogP contribution in [-0.4, -0.2) is 81.2 Å². The van der Waals surface area contributed by atoms with Crippen LogP contribution in [0.3, 0.4) is 0 Å². The normalized spacial score (nSPS) is 15.6. The molecular weight excluding hydrogens is 430 g/mol. The number of hydrogen-bond acceptors (Lipinski definition) is 8. The molecule has 5 unspecified atom stereocenters. The van der Waals surface area contributed by atoms with Crippen molar-refractivity contribution in [3.63, 3.8) is 0 Å². The molecule has 0 saturated carbocycles. The molecule has 0 aromatic heterocycles. The van der Waals surface area contributed by atoms with Crippen molar-refractivity contribution in [1.29, 1.82) is 0 Å². The van der Waals surface area contributed by atoms with E-state index >= 15 is 0 Å². The SMILES string of the molecule is CC(C)C(N)C(=O)NC(CC(=O)O)C(=O)NC(C(=O)NC(CCC(N)=O)C(=O)O)C(C)O. The van der Waals surface area contributed by atoms with Gasteiger partial charge in [0.2, 0.25) is 23.6 Å². The third-order valence-electron chi connectivity index (χ3n) is 4.39. The van der Waals surface area contributed by atoms with E-state index in [1.165, 1.54) is 0 Å². The van der Waals surface area contributed by atoms with Crippen molar-refractivity contribution in [1.82, 2.24) is 16.0 Å². The van der Waals surface area contributed by atoms with E-state index in [9.17, 15) is 39.0 Å². The van der Waals surface area contributed by atoms with Gasteiger partial charge in [0.1, 0.15) is 18.1 Å². The second-order valence-electron chi connectivity index (χ2n) is 7.56. The molecule has 0 aromatic carbocycles. The Morgan fingerprint density at radius 2 is 1.38 bits per heavy atom. The molecule has 5 atom stereocenters. The van der Waals surface area contributed by atoms with Gasteiger partial charge in [0.05, 0.1) is 18.6 Å². The fourth-order valence-electron chi connectivity index (χ4n) is 2.42. The number of nitrogens with one attached hydrogen (secondary N) is 3. The van der Waals surface area contributed by atoms with Gasteiger partial charge in [-0.2, -0.15) is 0 Å². The number of aliphatic hydroxyl groups is 1. The van der Waals surface area contributed by atoms with Crippen molar-refractivity contribution in [3.05, 3.63) is 0 Å². The predicted octanol–water partition coefficient (Wildman–Crippen LogP) is -3.37. The first-order chi connectivity index (χ1) is 14.7. The topological polar surface area (TPSA) is 251 Å². The van der Waals surface area contributed by atoms with Crippen molar-refractivity contribution in [2.45, 2.75) is 70.3 Å². The summed E-state index contributed by atoms with van der Waals surface area (Å²) in [5.41, 5.74) is 10.7. The van der Waals surface area contributed by atoms with Gasteiger partial charge in [-0.05, 0) is 19.3 Å². The van der Waals surface area contributed by atoms with Crippen LogP contribution in [0.25, 0.3) is 0 Å². The number of primary amides is 1.